The first-order valence-electron chi connectivity index (χ1n) is 8.30. The van der Waals surface area contributed by atoms with Crippen LogP contribution in [0.3, 0.4) is 0 Å². The minimum Gasteiger partial charge on any atom is -0.496 e. The molecule has 0 radical (unpaired) electrons. The quantitative estimate of drug-likeness (QED) is 0.568. The Kier molecular flexibility index (Phi) is 4.85. The largest absolute Gasteiger partial charge is 0.496 e. The van der Waals surface area contributed by atoms with Crippen molar-refractivity contribution in [3.05, 3.63) is 54.1 Å². The van der Waals surface area contributed by atoms with E-state index in [4.69, 9.17) is 9.47 Å². The van der Waals surface area contributed by atoms with Gasteiger partial charge in [-0.15, -0.1) is 6.58 Å². The molecule has 122 valence electrons. The highest BCUT2D eigenvalue weighted by molar-refractivity contribution is 5.73. The van der Waals surface area contributed by atoms with Crippen LogP contribution >= 0.6 is 0 Å². The van der Waals surface area contributed by atoms with Crippen molar-refractivity contribution < 1.29 is 14.3 Å². The molecule has 0 aliphatic heterocycles. The summed E-state index contributed by atoms with van der Waals surface area (Å²) in [6.45, 7) is 4.28. The number of esters is 1. The molecule has 3 heteroatoms. The Morgan fingerprint density at radius 1 is 1.35 bits per heavy atom. The van der Waals surface area contributed by atoms with Crippen LogP contribution in [0.4, 0.5) is 0 Å². The van der Waals surface area contributed by atoms with Crippen molar-refractivity contribution in [2.75, 3.05) is 13.7 Å². The van der Waals surface area contributed by atoms with E-state index in [1.165, 1.54) is 6.42 Å². The van der Waals surface area contributed by atoms with E-state index in [1.807, 2.05) is 24.3 Å². The van der Waals surface area contributed by atoms with Crippen LogP contribution in [-0.2, 0) is 22.4 Å². The highest BCUT2D eigenvalue weighted by Gasteiger charge is 2.36. The number of fused-ring (bicyclic) bond motifs is 2. The van der Waals surface area contributed by atoms with E-state index in [0.29, 0.717) is 24.4 Å². The maximum atomic E-state index is 12.1. The van der Waals surface area contributed by atoms with Gasteiger partial charge in [0.1, 0.15) is 5.75 Å². The lowest BCUT2D eigenvalue weighted by molar-refractivity contribution is -0.144. The molecule has 0 amide bonds. The van der Waals surface area contributed by atoms with Crippen molar-refractivity contribution >= 4 is 5.97 Å². The van der Waals surface area contributed by atoms with Crippen LogP contribution < -0.4 is 4.74 Å². The minimum atomic E-state index is -0.175. The molecule has 0 aromatic heterocycles. The van der Waals surface area contributed by atoms with Crippen LogP contribution in [0.2, 0.25) is 0 Å². The van der Waals surface area contributed by atoms with Crippen molar-refractivity contribution in [3.8, 4) is 5.75 Å². The van der Waals surface area contributed by atoms with Gasteiger partial charge in [0, 0.05) is 5.56 Å². The van der Waals surface area contributed by atoms with Crippen LogP contribution in [0.5, 0.6) is 5.75 Å². The lowest BCUT2D eigenvalue weighted by atomic mass is 9.95. The van der Waals surface area contributed by atoms with E-state index < -0.39 is 0 Å². The Hall–Kier alpha value is -2.03. The minimum absolute atomic E-state index is 0.175. The standard InChI is InChI=1S/C20H24O3/c1-3-4-14-5-8-17(19(11-14)22-2)12-20(21)23-13-18-10-15-6-7-16(18)9-15/h3,5-8,11,15-16,18H,1,4,9-10,12-13H2,2H3. The second-order valence-electron chi connectivity index (χ2n) is 6.54. The van der Waals surface area contributed by atoms with Crippen LogP contribution in [0.25, 0.3) is 0 Å². The third-order valence-electron chi connectivity index (χ3n) is 4.94. The lowest BCUT2D eigenvalue weighted by Gasteiger charge is -2.18. The highest BCUT2D eigenvalue weighted by atomic mass is 16.5. The number of carbonyl (C=O) groups excluding carboxylic acids is 1. The monoisotopic (exact) mass is 312 g/mol. The summed E-state index contributed by atoms with van der Waals surface area (Å²) in [5.41, 5.74) is 2.00. The summed E-state index contributed by atoms with van der Waals surface area (Å²) >= 11 is 0. The molecule has 3 unspecified atom stereocenters. The van der Waals surface area contributed by atoms with Gasteiger partial charge in [0.15, 0.2) is 0 Å². The van der Waals surface area contributed by atoms with Crippen LogP contribution in [0.1, 0.15) is 24.0 Å². The smallest absolute Gasteiger partial charge is 0.310 e. The first-order chi connectivity index (χ1) is 11.2. The number of benzene rings is 1. The van der Waals surface area contributed by atoms with Crippen molar-refractivity contribution in [2.45, 2.75) is 25.7 Å². The number of allylic oxidation sites excluding steroid dienone is 3. The van der Waals surface area contributed by atoms with Crippen LogP contribution in [-0.4, -0.2) is 19.7 Å². The number of carbonyl (C=O) groups is 1. The maximum Gasteiger partial charge on any atom is 0.310 e. The number of hydrogen-bond donors (Lipinski definition) is 0. The molecule has 3 atom stereocenters. The summed E-state index contributed by atoms with van der Waals surface area (Å²) in [5.74, 6) is 2.39. The zero-order valence-corrected chi connectivity index (χ0v) is 13.7. The Balaban J connectivity index is 1.55. The van der Waals surface area contributed by atoms with Crippen molar-refractivity contribution in [1.29, 1.82) is 0 Å². The van der Waals surface area contributed by atoms with Gasteiger partial charge in [0.2, 0.25) is 0 Å². The third-order valence-corrected chi connectivity index (χ3v) is 4.94. The molecule has 1 aromatic rings. The van der Waals surface area contributed by atoms with Gasteiger partial charge in [-0.3, -0.25) is 4.79 Å². The van der Waals surface area contributed by atoms with Gasteiger partial charge >= 0.3 is 5.97 Å². The molecular weight excluding hydrogens is 288 g/mol. The molecule has 0 saturated heterocycles. The molecule has 2 bridgehead atoms. The topological polar surface area (TPSA) is 35.5 Å². The Morgan fingerprint density at radius 3 is 2.87 bits per heavy atom. The summed E-state index contributed by atoms with van der Waals surface area (Å²) in [6, 6.07) is 5.91. The summed E-state index contributed by atoms with van der Waals surface area (Å²) in [5, 5.41) is 0. The van der Waals surface area contributed by atoms with Crippen molar-refractivity contribution in [1.82, 2.24) is 0 Å². The predicted molar refractivity (Wildman–Crippen MR) is 90.4 cm³/mol. The third kappa shape index (κ3) is 3.66. The van der Waals surface area contributed by atoms with Gasteiger partial charge in [0.25, 0.3) is 0 Å². The van der Waals surface area contributed by atoms with Gasteiger partial charge < -0.3 is 9.47 Å². The Labute approximate surface area is 138 Å². The van der Waals surface area contributed by atoms with Gasteiger partial charge in [-0.05, 0) is 48.6 Å². The molecule has 3 rings (SSSR count). The average molecular weight is 312 g/mol. The molecule has 2 aliphatic rings. The zero-order chi connectivity index (χ0) is 16.2. The average Bonchev–Trinajstić information content (AvgIpc) is 3.17. The van der Waals surface area contributed by atoms with Crippen molar-refractivity contribution in [3.63, 3.8) is 0 Å². The molecule has 0 N–H and O–H groups in total. The van der Waals surface area contributed by atoms with E-state index in [2.05, 4.69) is 18.7 Å². The summed E-state index contributed by atoms with van der Waals surface area (Å²) in [6.07, 6.45) is 9.89. The highest BCUT2D eigenvalue weighted by Crippen LogP contribution is 2.43. The molecule has 1 saturated carbocycles. The molecule has 1 aromatic carbocycles. The maximum absolute atomic E-state index is 12.1. The second-order valence-corrected chi connectivity index (χ2v) is 6.54. The first-order valence-corrected chi connectivity index (χ1v) is 8.30. The molecule has 1 fully saturated rings. The molecule has 0 heterocycles. The van der Waals surface area contributed by atoms with Gasteiger partial charge in [0.05, 0.1) is 20.1 Å². The Morgan fingerprint density at radius 2 is 2.22 bits per heavy atom. The van der Waals surface area contributed by atoms with Gasteiger partial charge in [-0.2, -0.15) is 0 Å². The zero-order valence-electron chi connectivity index (χ0n) is 13.7. The van der Waals surface area contributed by atoms with E-state index in [-0.39, 0.29) is 12.4 Å². The fourth-order valence-corrected chi connectivity index (χ4v) is 3.72. The fraction of sp³-hybridized carbons (Fsp3) is 0.450. The fourth-order valence-electron chi connectivity index (χ4n) is 3.72. The number of rotatable bonds is 7. The Bertz CT molecular complexity index is 617. The number of ether oxygens (including phenoxy) is 2. The predicted octanol–water partition coefficient (Wildman–Crippen LogP) is 3.72. The first kappa shape index (κ1) is 15.9. The normalized spacial score (nSPS) is 24.7. The van der Waals surface area contributed by atoms with E-state index in [9.17, 15) is 4.79 Å². The second kappa shape index (κ2) is 7.03. The lowest BCUT2D eigenvalue weighted by Crippen LogP contribution is -2.19. The SMILES string of the molecule is C=CCc1ccc(CC(=O)OCC2CC3C=CC2C3)c(OC)c1. The molecule has 2 aliphatic carbocycles. The molecule has 3 nitrogen and oxygen atoms in total. The molecule has 0 spiro atoms. The molecule has 23 heavy (non-hydrogen) atoms. The van der Waals surface area contributed by atoms with Crippen LogP contribution in [0.15, 0.2) is 43.0 Å². The van der Waals surface area contributed by atoms with E-state index in [0.717, 1.165) is 29.7 Å². The number of hydrogen-bond acceptors (Lipinski definition) is 3. The summed E-state index contributed by atoms with van der Waals surface area (Å²) in [4.78, 5) is 12.1. The van der Waals surface area contributed by atoms with Gasteiger partial charge in [-0.1, -0.05) is 30.4 Å². The number of methoxy groups -OCH3 is 1. The van der Waals surface area contributed by atoms with Gasteiger partial charge in [-0.25, -0.2) is 0 Å². The summed E-state index contributed by atoms with van der Waals surface area (Å²) < 4.78 is 10.9. The summed E-state index contributed by atoms with van der Waals surface area (Å²) in [7, 11) is 1.63. The van der Waals surface area contributed by atoms with Crippen molar-refractivity contribution in [2.24, 2.45) is 17.8 Å². The molecular formula is C20H24O3. The van der Waals surface area contributed by atoms with E-state index >= 15 is 0 Å². The van der Waals surface area contributed by atoms with Crippen LogP contribution in [0, 0.1) is 17.8 Å². The van der Waals surface area contributed by atoms with E-state index in [1.54, 1.807) is 7.11 Å².